The second kappa shape index (κ2) is 5.70. The van der Waals surface area contributed by atoms with Gasteiger partial charge in [0.15, 0.2) is 0 Å². The summed E-state index contributed by atoms with van der Waals surface area (Å²) < 4.78 is 4.49. The molecule has 0 aromatic carbocycles. The van der Waals surface area contributed by atoms with E-state index in [4.69, 9.17) is 5.11 Å². The summed E-state index contributed by atoms with van der Waals surface area (Å²) in [6.45, 7) is 3.83. The van der Waals surface area contributed by atoms with E-state index in [1.165, 1.54) is 18.9 Å². The van der Waals surface area contributed by atoms with Gasteiger partial charge in [-0.15, -0.1) is 0 Å². The van der Waals surface area contributed by atoms with Gasteiger partial charge in [0.1, 0.15) is 6.04 Å². The van der Waals surface area contributed by atoms with Gasteiger partial charge >= 0.3 is 18.0 Å². The highest BCUT2D eigenvalue weighted by Gasteiger charge is 2.37. The molecule has 0 saturated carbocycles. The van der Waals surface area contributed by atoms with E-state index in [0.717, 1.165) is 0 Å². The van der Waals surface area contributed by atoms with Gasteiger partial charge in [0.2, 0.25) is 0 Å². The van der Waals surface area contributed by atoms with E-state index in [1.807, 2.05) is 0 Å². The average molecular weight is 258 g/mol. The number of rotatable bonds is 3. The highest BCUT2D eigenvalue weighted by Crippen LogP contribution is 2.23. The fourth-order valence-electron chi connectivity index (χ4n) is 1.97. The SMILES string of the molecule is COC(=O)C(C)NC(=O)N1C[C@@H](C)[C@H](C(=O)O)C1. The molecule has 2 N–H and O–H groups in total. The number of urea groups is 1. The minimum absolute atomic E-state index is 0.0957. The summed E-state index contributed by atoms with van der Waals surface area (Å²) in [6, 6.07) is -1.19. The Balaban J connectivity index is 2.54. The fourth-order valence-corrected chi connectivity index (χ4v) is 1.97. The van der Waals surface area contributed by atoms with Crippen LogP contribution in [0.4, 0.5) is 4.79 Å². The van der Waals surface area contributed by atoms with Crippen molar-refractivity contribution in [3.63, 3.8) is 0 Å². The third-order valence-electron chi connectivity index (χ3n) is 3.11. The second-order valence-corrected chi connectivity index (χ2v) is 4.52. The van der Waals surface area contributed by atoms with Gasteiger partial charge in [-0.05, 0) is 12.8 Å². The van der Waals surface area contributed by atoms with Crippen molar-refractivity contribution >= 4 is 18.0 Å². The molecule has 1 aliphatic heterocycles. The fraction of sp³-hybridized carbons (Fsp3) is 0.727. The molecule has 1 rings (SSSR count). The molecule has 102 valence electrons. The van der Waals surface area contributed by atoms with Crippen molar-refractivity contribution in [3.8, 4) is 0 Å². The summed E-state index contributed by atoms with van der Waals surface area (Å²) >= 11 is 0. The number of hydrogen-bond acceptors (Lipinski definition) is 4. The number of esters is 1. The molecule has 1 unspecified atom stereocenters. The van der Waals surface area contributed by atoms with E-state index in [-0.39, 0.29) is 12.5 Å². The highest BCUT2D eigenvalue weighted by molar-refractivity contribution is 5.84. The Labute approximate surface area is 105 Å². The van der Waals surface area contributed by atoms with E-state index in [0.29, 0.717) is 6.54 Å². The molecule has 18 heavy (non-hydrogen) atoms. The van der Waals surface area contributed by atoms with E-state index in [2.05, 4.69) is 10.1 Å². The van der Waals surface area contributed by atoms with Crippen molar-refractivity contribution in [3.05, 3.63) is 0 Å². The number of likely N-dealkylation sites (tertiary alicyclic amines) is 1. The number of nitrogens with one attached hydrogen (secondary N) is 1. The van der Waals surface area contributed by atoms with Crippen LogP contribution < -0.4 is 5.32 Å². The van der Waals surface area contributed by atoms with Crippen LogP contribution in [0.3, 0.4) is 0 Å². The molecule has 0 radical (unpaired) electrons. The smallest absolute Gasteiger partial charge is 0.328 e. The molecule has 1 aliphatic rings. The Morgan fingerprint density at radius 3 is 2.44 bits per heavy atom. The van der Waals surface area contributed by atoms with E-state index < -0.39 is 29.9 Å². The monoisotopic (exact) mass is 258 g/mol. The van der Waals surface area contributed by atoms with Crippen molar-refractivity contribution in [2.24, 2.45) is 11.8 Å². The Morgan fingerprint density at radius 1 is 1.39 bits per heavy atom. The molecule has 1 fully saturated rings. The number of nitrogens with zero attached hydrogens (tertiary/aromatic N) is 1. The third-order valence-corrected chi connectivity index (χ3v) is 3.11. The summed E-state index contributed by atoms with van der Waals surface area (Å²) in [4.78, 5) is 35.3. The lowest BCUT2D eigenvalue weighted by Crippen LogP contribution is -2.46. The maximum atomic E-state index is 11.8. The zero-order valence-corrected chi connectivity index (χ0v) is 10.7. The summed E-state index contributed by atoms with van der Waals surface area (Å²) in [5.41, 5.74) is 0. The Kier molecular flexibility index (Phi) is 4.52. The molecule has 2 amide bonds. The number of carboxylic acids is 1. The molecule has 1 heterocycles. The van der Waals surface area contributed by atoms with Gasteiger partial charge < -0.3 is 20.1 Å². The standard InChI is InChI=1S/C11H18N2O5/c1-6-4-13(5-8(6)9(14)15)11(17)12-7(2)10(16)18-3/h6-8H,4-5H2,1-3H3,(H,12,17)(H,14,15)/t6-,7?,8-/m1/s1. The normalized spacial score (nSPS) is 24.5. The largest absolute Gasteiger partial charge is 0.481 e. The summed E-state index contributed by atoms with van der Waals surface area (Å²) in [5.74, 6) is -2.09. The first-order valence-electron chi connectivity index (χ1n) is 5.72. The topological polar surface area (TPSA) is 95.9 Å². The summed E-state index contributed by atoms with van der Waals surface area (Å²) in [7, 11) is 1.24. The summed E-state index contributed by atoms with van der Waals surface area (Å²) in [5, 5.41) is 11.4. The summed E-state index contributed by atoms with van der Waals surface area (Å²) in [6.07, 6.45) is 0. The number of aliphatic carboxylic acids is 1. The van der Waals surface area contributed by atoms with Crippen LogP contribution in [0.15, 0.2) is 0 Å². The first kappa shape index (κ1) is 14.3. The average Bonchev–Trinajstić information content (AvgIpc) is 2.70. The van der Waals surface area contributed by atoms with Crippen molar-refractivity contribution in [2.45, 2.75) is 19.9 Å². The van der Waals surface area contributed by atoms with Crippen molar-refractivity contribution in [2.75, 3.05) is 20.2 Å². The molecule has 0 aromatic heterocycles. The molecule has 1 saturated heterocycles. The van der Waals surface area contributed by atoms with Gasteiger partial charge in [-0.2, -0.15) is 0 Å². The van der Waals surface area contributed by atoms with E-state index in [1.54, 1.807) is 6.92 Å². The van der Waals surface area contributed by atoms with Gasteiger partial charge in [-0.25, -0.2) is 9.59 Å². The zero-order valence-electron chi connectivity index (χ0n) is 10.7. The van der Waals surface area contributed by atoms with Crippen molar-refractivity contribution < 1.29 is 24.2 Å². The van der Waals surface area contributed by atoms with Crippen LogP contribution in [-0.2, 0) is 14.3 Å². The number of carboxylic acid groups (broad SMARTS) is 1. The van der Waals surface area contributed by atoms with Crippen LogP contribution in [-0.4, -0.2) is 54.2 Å². The van der Waals surface area contributed by atoms with E-state index >= 15 is 0 Å². The van der Waals surface area contributed by atoms with Crippen LogP contribution in [0.2, 0.25) is 0 Å². The lowest BCUT2D eigenvalue weighted by Gasteiger charge is -2.19. The Bertz CT molecular complexity index is 357. The zero-order chi connectivity index (χ0) is 13.9. The lowest BCUT2D eigenvalue weighted by molar-refractivity contribution is -0.143. The quantitative estimate of drug-likeness (QED) is 0.690. The van der Waals surface area contributed by atoms with Crippen LogP contribution in [0.5, 0.6) is 0 Å². The first-order valence-corrected chi connectivity index (χ1v) is 5.72. The Hall–Kier alpha value is -1.79. The van der Waals surface area contributed by atoms with Crippen LogP contribution in [0.25, 0.3) is 0 Å². The molecule has 7 nitrogen and oxygen atoms in total. The van der Waals surface area contributed by atoms with Gasteiger partial charge in [-0.1, -0.05) is 6.92 Å². The van der Waals surface area contributed by atoms with Gasteiger partial charge in [0, 0.05) is 13.1 Å². The predicted octanol–water partition coefficient (Wildman–Crippen LogP) is -0.0900. The molecule has 3 atom stereocenters. The molecule has 0 aliphatic carbocycles. The van der Waals surface area contributed by atoms with Crippen LogP contribution in [0.1, 0.15) is 13.8 Å². The van der Waals surface area contributed by atoms with Crippen LogP contribution in [0, 0.1) is 11.8 Å². The Morgan fingerprint density at radius 2 is 2.00 bits per heavy atom. The van der Waals surface area contributed by atoms with Gasteiger partial charge in [0.25, 0.3) is 0 Å². The highest BCUT2D eigenvalue weighted by atomic mass is 16.5. The van der Waals surface area contributed by atoms with Crippen molar-refractivity contribution in [1.82, 2.24) is 10.2 Å². The molecular weight excluding hydrogens is 240 g/mol. The maximum Gasteiger partial charge on any atom is 0.328 e. The number of carbonyl (C=O) groups is 3. The van der Waals surface area contributed by atoms with Crippen LogP contribution >= 0.6 is 0 Å². The lowest BCUT2D eigenvalue weighted by atomic mass is 9.99. The van der Waals surface area contributed by atoms with E-state index in [9.17, 15) is 14.4 Å². The number of ether oxygens (including phenoxy) is 1. The molecule has 0 aromatic rings. The van der Waals surface area contributed by atoms with Gasteiger partial charge in [0.05, 0.1) is 13.0 Å². The third kappa shape index (κ3) is 3.12. The molecular formula is C11H18N2O5. The first-order chi connectivity index (χ1) is 8.36. The number of hydrogen-bond donors (Lipinski definition) is 2. The molecule has 0 bridgehead atoms. The van der Waals surface area contributed by atoms with Gasteiger partial charge in [-0.3, -0.25) is 4.79 Å². The number of methoxy groups -OCH3 is 1. The number of carbonyl (C=O) groups excluding carboxylic acids is 2. The number of amides is 2. The van der Waals surface area contributed by atoms with Crippen molar-refractivity contribution in [1.29, 1.82) is 0 Å². The minimum Gasteiger partial charge on any atom is -0.481 e. The predicted molar refractivity (Wildman–Crippen MR) is 61.9 cm³/mol. The molecule has 0 spiro atoms. The minimum atomic E-state index is -0.904. The second-order valence-electron chi connectivity index (χ2n) is 4.52. The maximum absolute atomic E-state index is 11.8. The molecule has 7 heteroatoms.